The summed E-state index contributed by atoms with van der Waals surface area (Å²) in [5, 5.41) is 7.86. The van der Waals surface area contributed by atoms with Crippen LogP contribution in [0.2, 0.25) is 0 Å². The summed E-state index contributed by atoms with van der Waals surface area (Å²) < 4.78 is 1.25. The Labute approximate surface area is 98.9 Å². The Morgan fingerprint density at radius 1 is 1.25 bits per heavy atom. The fraction of sp³-hybridized carbons (Fsp3) is 0.417. The number of nitrogens with one attached hydrogen (secondary N) is 2. The van der Waals surface area contributed by atoms with E-state index in [0.717, 1.165) is 29.8 Å². The molecule has 1 aromatic carbocycles. The molecule has 0 atom stereocenters. The summed E-state index contributed by atoms with van der Waals surface area (Å²) in [6.45, 7) is 1.98. The molecule has 2 aromatic rings. The fourth-order valence-corrected chi connectivity index (χ4v) is 2.57. The Hall–Kier alpha value is -1.13. The fourth-order valence-electron chi connectivity index (χ4n) is 1.68. The molecular weight excluding hydrogens is 218 g/mol. The highest BCUT2D eigenvalue weighted by atomic mass is 32.1. The summed E-state index contributed by atoms with van der Waals surface area (Å²) in [5.74, 6) is 0. The number of hydrogen-bond donors (Lipinski definition) is 2. The molecule has 84 valence electrons. The largest absolute Gasteiger partial charge is 0.360 e. The Bertz CT molecular complexity index is 443. The van der Waals surface area contributed by atoms with Crippen LogP contribution in [-0.4, -0.2) is 24.1 Å². The van der Waals surface area contributed by atoms with Crippen molar-refractivity contribution < 1.29 is 0 Å². The summed E-state index contributed by atoms with van der Waals surface area (Å²) in [6.07, 6.45) is 2.70. The lowest BCUT2D eigenvalue weighted by Gasteiger charge is -2.02. The summed E-state index contributed by atoms with van der Waals surface area (Å²) in [4.78, 5) is 4.52. The maximum Gasteiger partial charge on any atom is 0.183 e. The Balaban J connectivity index is 1.56. The van der Waals surface area contributed by atoms with Gasteiger partial charge in [-0.1, -0.05) is 23.5 Å². The van der Waals surface area contributed by atoms with Gasteiger partial charge in [-0.15, -0.1) is 0 Å². The standard InChI is InChI=1S/C12H15N3S/c1-2-4-11-10(3-1)15-12(16-11)14-8-7-13-9-5-6-9/h1-4,9,13H,5-8H2,(H,14,15). The zero-order valence-electron chi connectivity index (χ0n) is 9.07. The molecule has 0 saturated heterocycles. The van der Waals surface area contributed by atoms with E-state index in [2.05, 4.69) is 33.8 Å². The van der Waals surface area contributed by atoms with Crippen molar-refractivity contribution in [2.24, 2.45) is 0 Å². The first-order valence-electron chi connectivity index (χ1n) is 5.75. The minimum atomic E-state index is 0.789. The van der Waals surface area contributed by atoms with E-state index >= 15 is 0 Å². The average molecular weight is 233 g/mol. The van der Waals surface area contributed by atoms with Crippen LogP contribution < -0.4 is 10.6 Å². The van der Waals surface area contributed by atoms with Gasteiger partial charge in [0.25, 0.3) is 0 Å². The number of fused-ring (bicyclic) bond motifs is 1. The van der Waals surface area contributed by atoms with Crippen molar-refractivity contribution in [3.05, 3.63) is 24.3 Å². The molecule has 0 bridgehead atoms. The van der Waals surface area contributed by atoms with Crippen LogP contribution in [0.25, 0.3) is 10.2 Å². The monoisotopic (exact) mass is 233 g/mol. The minimum absolute atomic E-state index is 0.789. The van der Waals surface area contributed by atoms with Gasteiger partial charge in [0.05, 0.1) is 10.2 Å². The predicted octanol–water partition coefficient (Wildman–Crippen LogP) is 2.46. The Kier molecular flexibility index (Phi) is 2.76. The van der Waals surface area contributed by atoms with Crippen LogP contribution in [-0.2, 0) is 0 Å². The highest BCUT2D eigenvalue weighted by Crippen LogP contribution is 2.25. The number of thiazole rings is 1. The molecule has 0 spiro atoms. The first-order chi connectivity index (χ1) is 7.92. The molecular formula is C12H15N3S. The quantitative estimate of drug-likeness (QED) is 0.779. The smallest absolute Gasteiger partial charge is 0.183 e. The summed E-state index contributed by atoms with van der Waals surface area (Å²) in [6, 6.07) is 9.04. The third kappa shape index (κ3) is 2.33. The van der Waals surface area contributed by atoms with Gasteiger partial charge in [-0.25, -0.2) is 4.98 Å². The van der Waals surface area contributed by atoms with Gasteiger partial charge in [-0.2, -0.15) is 0 Å². The molecule has 0 aliphatic heterocycles. The molecule has 3 rings (SSSR count). The molecule has 1 saturated carbocycles. The van der Waals surface area contributed by atoms with Crippen molar-refractivity contribution in [1.29, 1.82) is 0 Å². The van der Waals surface area contributed by atoms with Crippen LogP contribution in [0.4, 0.5) is 5.13 Å². The lowest BCUT2D eigenvalue weighted by molar-refractivity contribution is 0.701. The molecule has 1 aliphatic carbocycles. The lowest BCUT2D eigenvalue weighted by atomic mass is 10.3. The van der Waals surface area contributed by atoms with Crippen LogP contribution in [0.15, 0.2) is 24.3 Å². The molecule has 1 aromatic heterocycles. The van der Waals surface area contributed by atoms with Gasteiger partial charge < -0.3 is 10.6 Å². The molecule has 1 aliphatic rings. The van der Waals surface area contributed by atoms with Crippen molar-refractivity contribution in [2.45, 2.75) is 18.9 Å². The number of benzene rings is 1. The van der Waals surface area contributed by atoms with E-state index in [1.807, 2.05) is 6.07 Å². The van der Waals surface area contributed by atoms with E-state index in [4.69, 9.17) is 0 Å². The van der Waals surface area contributed by atoms with Gasteiger partial charge in [0.2, 0.25) is 0 Å². The summed E-state index contributed by atoms with van der Waals surface area (Å²) in [7, 11) is 0. The highest BCUT2D eigenvalue weighted by Gasteiger charge is 2.19. The second kappa shape index (κ2) is 4.39. The SMILES string of the molecule is c1ccc2sc(NCCNC3CC3)nc2c1. The third-order valence-corrected chi connectivity index (χ3v) is 3.70. The van der Waals surface area contributed by atoms with Gasteiger partial charge in [0.15, 0.2) is 5.13 Å². The molecule has 4 heteroatoms. The number of para-hydroxylation sites is 1. The predicted molar refractivity (Wildman–Crippen MR) is 69.1 cm³/mol. The third-order valence-electron chi connectivity index (χ3n) is 2.71. The number of rotatable bonds is 5. The normalized spacial score (nSPS) is 15.5. The number of anilines is 1. The van der Waals surface area contributed by atoms with Crippen molar-refractivity contribution in [1.82, 2.24) is 10.3 Å². The Morgan fingerprint density at radius 3 is 2.94 bits per heavy atom. The number of aromatic nitrogens is 1. The van der Waals surface area contributed by atoms with Crippen LogP contribution in [0, 0.1) is 0 Å². The minimum Gasteiger partial charge on any atom is -0.360 e. The first-order valence-corrected chi connectivity index (χ1v) is 6.56. The molecule has 2 N–H and O–H groups in total. The van der Waals surface area contributed by atoms with Crippen molar-refractivity contribution in [2.75, 3.05) is 18.4 Å². The molecule has 1 fully saturated rings. The average Bonchev–Trinajstić information content (AvgIpc) is 3.03. The number of nitrogens with zero attached hydrogens (tertiary/aromatic N) is 1. The first kappa shape index (κ1) is 10.1. The number of hydrogen-bond acceptors (Lipinski definition) is 4. The van der Waals surface area contributed by atoms with Gasteiger partial charge in [0, 0.05) is 19.1 Å². The van der Waals surface area contributed by atoms with Gasteiger partial charge in [-0.3, -0.25) is 0 Å². The van der Waals surface area contributed by atoms with Crippen molar-refractivity contribution in [3.8, 4) is 0 Å². The van der Waals surface area contributed by atoms with E-state index in [-0.39, 0.29) is 0 Å². The van der Waals surface area contributed by atoms with Gasteiger partial charge in [0.1, 0.15) is 0 Å². The van der Waals surface area contributed by atoms with E-state index in [0.29, 0.717) is 0 Å². The zero-order valence-corrected chi connectivity index (χ0v) is 9.89. The van der Waals surface area contributed by atoms with Crippen LogP contribution in [0.5, 0.6) is 0 Å². The molecule has 0 amide bonds. The second-order valence-corrected chi connectivity index (χ2v) is 5.17. The lowest BCUT2D eigenvalue weighted by Crippen LogP contribution is -2.23. The molecule has 1 heterocycles. The molecule has 0 radical (unpaired) electrons. The van der Waals surface area contributed by atoms with E-state index in [1.165, 1.54) is 17.5 Å². The molecule has 16 heavy (non-hydrogen) atoms. The maximum absolute atomic E-state index is 4.52. The van der Waals surface area contributed by atoms with Gasteiger partial charge in [-0.05, 0) is 25.0 Å². The van der Waals surface area contributed by atoms with E-state index in [1.54, 1.807) is 11.3 Å². The topological polar surface area (TPSA) is 37.0 Å². The van der Waals surface area contributed by atoms with Crippen LogP contribution in [0.3, 0.4) is 0 Å². The van der Waals surface area contributed by atoms with Crippen molar-refractivity contribution >= 4 is 26.7 Å². The maximum atomic E-state index is 4.52. The zero-order chi connectivity index (χ0) is 10.8. The highest BCUT2D eigenvalue weighted by molar-refractivity contribution is 7.22. The second-order valence-electron chi connectivity index (χ2n) is 4.14. The van der Waals surface area contributed by atoms with E-state index in [9.17, 15) is 0 Å². The van der Waals surface area contributed by atoms with Crippen LogP contribution >= 0.6 is 11.3 Å². The van der Waals surface area contributed by atoms with Gasteiger partial charge >= 0.3 is 0 Å². The summed E-state index contributed by atoms with van der Waals surface area (Å²) in [5.41, 5.74) is 1.09. The Morgan fingerprint density at radius 2 is 2.12 bits per heavy atom. The molecule has 0 unspecified atom stereocenters. The summed E-state index contributed by atoms with van der Waals surface area (Å²) >= 11 is 1.72. The van der Waals surface area contributed by atoms with Crippen LogP contribution in [0.1, 0.15) is 12.8 Å². The van der Waals surface area contributed by atoms with Crippen molar-refractivity contribution in [3.63, 3.8) is 0 Å². The molecule has 3 nitrogen and oxygen atoms in total. The van der Waals surface area contributed by atoms with E-state index < -0.39 is 0 Å².